The quantitative estimate of drug-likeness (QED) is 0.0994. The van der Waals surface area contributed by atoms with Gasteiger partial charge in [0.25, 0.3) is 0 Å². The van der Waals surface area contributed by atoms with Crippen LogP contribution in [0.1, 0.15) is 34.5 Å². The number of nitrogens with zero attached hydrogens (tertiary/aromatic N) is 6. The highest BCUT2D eigenvalue weighted by Crippen LogP contribution is 2.45. The van der Waals surface area contributed by atoms with Crippen molar-refractivity contribution >= 4 is 75.6 Å². The van der Waals surface area contributed by atoms with Gasteiger partial charge in [0.2, 0.25) is 0 Å². The fourth-order valence-electron chi connectivity index (χ4n) is 14.8. The Labute approximate surface area is 672 Å². The van der Waals surface area contributed by atoms with Crippen LogP contribution >= 0.6 is 22.7 Å². The van der Waals surface area contributed by atoms with E-state index in [0.29, 0.717) is 40.5 Å². The second kappa shape index (κ2) is 29.9. The first-order valence-corrected chi connectivity index (χ1v) is 39.3. The van der Waals surface area contributed by atoms with Gasteiger partial charge in [0.15, 0.2) is 34.9 Å². The molecular weight excluding hydrogens is 1420 g/mol. The third kappa shape index (κ3) is 14.1. The summed E-state index contributed by atoms with van der Waals surface area (Å²) < 4.78 is 58.1. The van der Waals surface area contributed by atoms with Crippen molar-refractivity contribution in [3.63, 3.8) is 0 Å². The predicted octanol–water partition coefficient (Wildman–Crippen LogP) is 26.4. The summed E-state index contributed by atoms with van der Waals surface area (Å²) in [5.41, 5.74) is 19.9. The third-order valence-corrected chi connectivity index (χ3v) is 23.7. The first-order valence-electron chi connectivity index (χ1n) is 40.2. The van der Waals surface area contributed by atoms with Gasteiger partial charge >= 0.3 is 7.12 Å². The van der Waals surface area contributed by atoms with Gasteiger partial charge in [0.1, 0.15) is 0 Å². The highest BCUT2D eigenvalue weighted by Gasteiger charge is 2.51. The molecule has 113 heavy (non-hydrogen) atoms. The van der Waals surface area contributed by atoms with Gasteiger partial charge in [-0.05, 0) is 160 Å². The number of rotatable bonds is 14. The Hall–Kier alpha value is -13.3. The Morgan fingerprint density at radius 2 is 0.531 bits per heavy atom. The van der Waals surface area contributed by atoms with Crippen molar-refractivity contribution in [1.82, 2.24) is 29.9 Å². The summed E-state index contributed by atoms with van der Waals surface area (Å²) in [7, 11) is -0.375. The number of aromatic nitrogens is 6. The topological polar surface area (TPSA) is 95.8 Å². The maximum Gasteiger partial charge on any atom is 0.494 e. The lowest BCUT2D eigenvalue weighted by Gasteiger charge is -2.32. The predicted molar refractivity (Wildman–Crippen MR) is 472 cm³/mol. The zero-order valence-electron chi connectivity index (χ0n) is 67.2. The van der Waals surface area contributed by atoms with Crippen LogP contribution in [0.15, 0.2) is 370 Å². The van der Waals surface area contributed by atoms with E-state index in [9.17, 15) is 0 Å². The van der Waals surface area contributed by atoms with E-state index in [1.165, 1.54) is 19.5 Å². The van der Waals surface area contributed by atoms with E-state index in [1.807, 2.05) is 97.1 Å². The Balaban J connectivity index is 0.000000157. The molecule has 0 radical (unpaired) electrons. The molecule has 0 bridgehead atoms. The molecule has 5 heterocycles. The van der Waals surface area contributed by atoms with Crippen molar-refractivity contribution in [3.8, 4) is 146 Å². The molecule has 8 nitrogen and oxygen atoms in total. The minimum atomic E-state index is -0.396. The zero-order chi connectivity index (χ0) is 80.3. The Morgan fingerprint density at radius 3 is 0.920 bits per heavy atom. The van der Waals surface area contributed by atoms with Crippen LogP contribution in [0.3, 0.4) is 0 Å². The van der Waals surface area contributed by atoms with Gasteiger partial charge in [-0.15, -0.1) is 22.7 Å². The molecule has 538 valence electrons. The SMILES string of the molecule is CC1(C)OB(c2ccc(-c3ccc(-c4ccc5sc6cccc(-c7nc(-c8ccccc8)nc(-c8cccc(-c9ccccc9)c8)n7)c6c5c4)cc3)cc2)OC1(C)C.[2H]c1c([2H])c([2H])c(-c2ccc(-c3ccc(-c4ccc5sc6cccc(-c7nc(-c8ccccc8)nc(-c8cccc(-c9ccccc9)c8)n7)c6c5c4)cc3)cc2)c([2H])c1[2H]. The molecular formula is C102H73BN6O2S2. The van der Waals surface area contributed by atoms with E-state index in [4.69, 9.17) is 46.1 Å². The van der Waals surface area contributed by atoms with Crippen molar-refractivity contribution in [2.24, 2.45) is 0 Å². The first kappa shape index (κ1) is 64.6. The fourth-order valence-corrected chi connectivity index (χ4v) is 17.0. The molecule has 0 amide bonds. The van der Waals surface area contributed by atoms with E-state index < -0.39 is 6.04 Å². The smallest absolute Gasteiger partial charge is 0.399 e. The number of benzene rings is 15. The monoisotopic (exact) mass is 1490 g/mol. The molecule has 0 atom stereocenters. The molecule has 1 saturated heterocycles. The number of hydrogen-bond acceptors (Lipinski definition) is 10. The molecule has 0 spiro atoms. The lowest BCUT2D eigenvalue weighted by Crippen LogP contribution is -2.41. The summed E-state index contributed by atoms with van der Waals surface area (Å²) in [5.74, 6) is 3.77. The molecule has 11 heteroatoms. The van der Waals surface area contributed by atoms with E-state index in [2.05, 4.69) is 270 Å². The Kier molecular flexibility index (Phi) is 17.1. The van der Waals surface area contributed by atoms with Crippen LogP contribution in [-0.2, 0) is 9.31 Å². The zero-order valence-corrected chi connectivity index (χ0v) is 63.9. The third-order valence-electron chi connectivity index (χ3n) is 21.5. The van der Waals surface area contributed by atoms with Gasteiger partial charge in [-0.2, -0.15) is 0 Å². The normalized spacial score (nSPS) is 13.6. The van der Waals surface area contributed by atoms with Crippen molar-refractivity contribution in [1.29, 1.82) is 0 Å². The van der Waals surface area contributed by atoms with Crippen LogP contribution in [0, 0.1) is 0 Å². The van der Waals surface area contributed by atoms with Crippen LogP contribution in [0.2, 0.25) is 0 Å². The average molecular weight is 1490 g/mol. The minimum Gasteiger partial charge on any atom is -0.399 e. The largest absolute Gasteiger partial charge is 0.494 e. The van der Waals surface area contributed by atoms with Crippen LogP contribution in [-0.4, -0.2) is 48.2 Å². The van der Waals surface area contributed by atoms with Gasteiger partial charge < -0.3 is 9.31 Å². The summed E-state index contributed by atoms with van der Waals surface area (Å²) in [6.07, 6.45) is 0. The van der Waals surface area contributed by atoms with E-state index in [1.54, 1.807) is 22.7 Å². The fraction of sp³-hybridized carbons (Fsp3) is 0.0588. The van der Waals surface area contributed by atoms with Gasteiger partial charge in [-0.1, -0.05) is 321 Å². The molecule has 1 aliphatic heterocycles. The summed E-state index contributed by atoms with van der Waals surface area (Å²) in [4.78, 5) is 30.7. The molecule has 4 aromatic heterocycles. The number of fused-ring (bicyclic) bond motifs is 6. The molecule has 0 N–H and O–H groups in total. The number of hydrogen-bond donors (Lipinski definition) is 0. The van der Waals surface area contributed by atoms with Crippen molar-refractivity contribution in [3.05, 3.63) is 370 Å². The number of thiophene rings is 2. The maximum absolute atomic E-state index is 8.37. The molecule has 19 aromatic rings. The molecule has 1 fully saturated rings. The summed E-state index contributed by atoms with van der Waals surface area (Å²) in [6.45, 7) is 8.33. The molecule has 0 unspecified atom stereocenters. The summed E-state index contributed by atoms with van der Waals surface area (Å²) in [5, 5.41) is 4.57. The lowest BCUT2D eigenvalue weighted by molar-refractivity contribution is 0.00578. The van der Waals surface area contributed by atoms with E-state index >= 15 is 0 Å². The molecule has 0 aliphatic carbocycles. The van der Waals surface area contributed by atoms with Crippen molar-refractivity contribution in [2.75, 3.05) is 0 Å². The lowest BCUT2D eigenvalue weighted by atomic mass is 9.78. The van der Waals surface area contributed by atoms with E-state index in [0.717, 1.165) is 126 Å². The second-order valence-corrected chi connectivity index (χ2v) is 31.3. The average Bonchev–Trinajstić information content (AvgIpc) is 1.65. The Morgan fingerprint density at radius 1 is 0.248 bits per heavy atom. The van der Waals surface area contributed by atoms with Gasteiger partial charge in [0, 0.05) is 73.7 Å². The van der Waals surface area contributed by atoms with Gasteiger partial charge in [-0.25, -0.2) is 29.9 Å². The summed E-state index contributed by atoms with van der Waals surface area (Å²) in [6, 6.07) is 116. The highest BCUT2D eigenvalue weighted by atomic mass is 32.1. The molecule has 1 aliphatic rings. The van der Waals surface area contributed by atoms with Crippen molar-refractivity contribution < 1.29 is 16.2 Å². The van der Waals surface area contributed by atoms with Gasteiger partial charge in [0.05, 0.1) is 18.1 Å². The van der Waals surface area contributed by atoms with Crippen LogP contribution in [0.25, 0.3) is 187 Å². The Bertz CT molecular complexity index is 7000. The highest BCUT2D eigenvalue weighted by molar-refractivity contribution is 7.26. The van der Waals surface area contributed by atoms with Crippen LogP contribution < -0.4 is 5.46 Å². The summed E-state index contributed by atoms with van der Waals surface area (Å²) >= 11 is 3.55. The van der Waals surface area contributed by atoms with Crippen LogP contribution in [0.5, 0.6) is 0 Å². The van der Waals surface area contributed by atoms with E-state index in [-0.39, 0.29) is 48.1 Å². The molecule has 0 saturated carbocycles. The standard InChI is InChI=1S/C51H40BN3O2S.C51H33N3S/c1-50(2)51(3,4)57-52(56-50)41-28-25-35(26-29-41)34-21-23-36(24-22-34)39-27-30-44-43(32-39)46-42(19-12-20-45(46)58-44)49-54-47(37-15-9-6-10-16-37)53-48(55-49)40-18-11-17-38(31-40)33-13-7-5-8-14-33;1-4-12-34(13-5-1)36-22-24-37(25-23-36)38-26-28-39(29-27-38)42-30-31-46-45(33-42)48-44(20-11-21-47(48)55-46)51-53-49(40-16-8-3-9-17-40)52-50(54-51)43-19-10-18-41(32-43)35-14-6-2-7-15-35/h5-32H,1-4H3;1-33H/i;1D,4D,5D,12D,13D. The second-order valence-electron chi connectivity index (χ2n) is 29.2. The van der Waals surface area contributed by atoms with Gasteiger partial charge in [-0.3, -0.25) is 0 Å². The van der Waals surface area contributed by atoms with Crippen LogP contribution in [0.4, 0.5) is 0 Å². The first-order chi connectivity index (χ1) is 57.5. The maximum atomic E-state index is 8.37. The molecule has 15 aromatic carbocycles. The minimum absolute atomic E-state index is 0.198. The van der Waals surface area contributed by atoms with Crippen molar-refractivity contribution in [2.45, 2.75) is 38.9 Å². The molecule has 20 rings (SSSR count).